The molecule has 0 N–H and O–H groups in total. The van der Waals surface area contributed by atoms with Gasteiger partial charge in [-0.25, -0.2) is 0 Å². The number of halogens is 8. The van der Waals surface area contributed by atoms with Crippen LogP contribution in [0.4, 0.5) is 35.1 Å². The van der Waals surface area contributed by atoms with Crippen LogP contribution >= 0.6 is 0 Å². The lowest BCUT2D eigenvalue weighted by Gasteiger charge is -2.34. The fourth-order valence-corrected chi connectivity index (χ4v) is 0.954. The van der Waals surface area contributed by atoms with Crippen LogP contribution < -0.4 is 0 Å². The molecule has 0 spiro atoms. The number of rotatable bonds is 3. The van der Waals surface area contributed by atoms with Crippen molar-refractivity contribution in [3.8, 4) is 0 Å². The van der Waals surface area contributed by atoms with Gasteiger partial charge in [0.15, 0.2) is 6.04 Å². The van der Waals surface area contributed by atoms with Crippen molar-refractivity contribution in [2.75, 3.05) is 7.05 Å². The molecule has 0 bridgehead atoms. The minimum atomic E-state index is -5.73. The number of nitrogens with zero attached hydrogens (tertiary/aromatic N) is 1. The van der Waals surface area contributed by atoms with Crippen molar-refractivity contribution in [1.82, 2.24) is 4.90 Å². The molecule has 1 unspecified atom stereocenters. The van der Waals surface area contributed by atoms with Gasteiger partial charge in [0, 0.05) is 0 Å². The molecule has 0 saturated heterocycles. The van der Waals surface area contributed by atoms with Crippen molar-refractivity contribution >= 4 is 0 Å². The van der Waals surface area contributed by atoms with Crippen molar-refractivity contribution in [3.05, 3.63) is 12.7 Å². The summed E-state index contributed by atoms with van der Waals surface area (Å²) in [5, 5.41) is 0. The van der Waals surface area contributed by atoms with Crippen LogP contribution in [-0.2, 0) is 0 Å². The largest absolute Gasteiger partial charge is 0.460 e. The van der Waals surface area contributed by atoms with Gasteiger partial charge >= 0.3 is 12.5 Å². The van der Waals surface area contributed by atoms with Gasteiger partial charge in [-0.05, 0) is 13.1 Å². The highest BCUT2D eigenvalue weighted by Gasteiger charge is 2.61. The maximum absolute atomic E-state index is 12.7. The molecule has 0 aliphatic heterocycles. The van der Waals surface area contributed by atoms with Gasteiger partial charge in [0.25, 0.3) is 5.92 Å². The fraction of sp³-hybridized carbons (Fsp3) is 0.714. The Labute approximate surface area is 85.3 Å². The third-order valence-electron chi connectivity index (χ3n) is 1.73. The van der Waals surface area contributed by atoms with E-state index in [-0.39, 0.29) is 7.05 Å². The molecule has 0 aliphatic carbocycles. The molecule has 0 aliphatic rings. The van der Waals surface area contributed by atoms with E-state index in [0.29, 0.717) is 0 Å². The molecule has 0 aromatic heterocycles. The summed E-state index contributed by atoms with van der Waals surface area (Å²) in [6, 6.07) is -3.99. The lowest BCUT2D eigenvalue weighted by molar-refractivity contribution is -0.319. The van der Waals surface area contributed by atoms with E-state index in [4.69, 9.17) is 0 Å². The Kier molecular flexibility index (Phi) is 3.96. The topological polar surface area (TPSA) is 3.24 Å². The van der Waals surface area contributed by atoms with E-state index in [9.17, 15) is 35.1 Å². The first-order chi connectivity index (χ1) is 6.84. The molecule has 1 nitrogen and oxygen atoms in total. The highest BCUT2D eigenvalue weighted by molar-refractivity contribution is 5.01. The number of alkyl halides is 8. The fourth-order valence-electron chi connectivity index (χ4n) is 0.954. The molecule has 16 heavy (non-hydrogen) atoms. The zero-order valence-electron chi connectivity index (χ0n) is 7.83. The van der Waals surface area contributed by atoms with E-state index < -0.39 is 35.4 Å². The third kappa shape index (κ3) is 3.32. The predicted octanol–water partition coefficient (Wildman–Crippen LogP) is 3.19. The van der Waals surface area contributed by atoms with Crippen molar-refractivity contribution in [2.45, 2.75) is 24.4 Å². The minimum absolute atomic E-state index is 0.102. The van der Waals surface area contributed by atoms with Crippen LogP contribution in [-0.4, -0.2) is 36.4 Å². The van der Waals surface area contributed by atoms with Gasteiger partial charge < -0.3 is 0 Å². The summed E-state index contributed by atoms with van der Waals surface area (Å²) in [5.74, 6) is -4.73. The predicted molar refractivity (Wildman–Crippen MR) is 38.8 cm³/mol. The molecule has 0 rings (SSSR count). The van der Waals surface area contributed by atoms with Crippen LogP contribution in [0.5, 0.6) is 0 Å². The first-order valence-electron chi connectivity index (χ1n) is 3.72. The summed E-state index contributed by atoms with van der Waals surface area (Å²) < 4.78 is 97.6. The molecule has 0 aromatic carbocycles. The Morgan fingerprint density at radius 1 is 1.00 bits per heavy atom. The molecule has 0 saturated carbocycles. The minimum Gasteiger partial charge on any atom is -0.200 e. The summed E-state index contributed by atoms with van der Waals surface area (Å²) >= 11 is 0. The van der Waals surface area contributed by atoms with Crippen molar-refractivity contribution in [3.63, 3.8) is 0 Å². The summed E-state index contributed by atoms with van der Waals surface area (Å²) in [5.41, 5.74) is 0. The second-order valence-corrected chi connectivity index (χ2v) is 2.90. The monoisotopic (exact) mass is 257 g/mol. The average molecular weight is 257 g/mol. The van der Waals surface area contributed by atoms with Gasteiger partial charge in [0.1, 0.15) is 0 Å². The number of hydrogen-bond acceptors (Lipinski definition) is 1. The summed E-state index contributed by atoms with van der Waals surface area (Å²) in [4.78, 5) is -1.39. The van der Waals surface area contributed by atoms with Crippen LogP contribution in [0.3, 0.4) is 0 Å². The molecule has 9 heteroatoms. The van der Waals surface area contributed by atoms with Gasteiger partial charge in [-0.1, -0.05) is 6.58 Å². The van der Waals surface area contributed by atoms with Crippen LogP contribution in [0.25, 0.3) is 0 Å². The van der Waals surface area contributed by atoms with Crippen LogP contribution in [0.15, 0.2) is 12.7 Å². The molecule has 0 heterocycles. The van der Waals surface area contributed by atoms with E-state index in [1.54, 1.807) is 0 Å². The summed E-state index contributed by atoms with van der Waals surface area (Å²) in [6.07, 6.45) is -11.7. The summed E-state index contributed by atoms with van der Waals surface area (Å²) in [7, 11) is -0.102. The molecule has 0 amide bonds. The smallest absolute Gasteiger partial charge is 0.200 e. The maximum atomic E-state index is 12.7. The highest BCUT2D eigenvalue weighted by atomic mass is 19.4. The van der Waals surface area contributed by atoms with Crippen LogP contribution in [0.2, 0.25) is 0 Å². The van der Waals surface area contributed by atoms with E-state index in [2.05, 4.69) is 6.58 Å². The van der Waals surface area contributed by atoms with Gasteiger partial charge in [-0.2, -0.15) is 40.0 Å². The Balaban J connectivity index is 5.37. The standard InChI is InChI=1S/C7H7F8N/c1-3-5(8,9)4(6(10,11)12)16(2)7(13,14)15/h3-4H,1H2,2H3. The van der Waals surface area contributed by atoms with E-state index in [0.717, 1.165) is 0 Å². The summed E-state index contributed by atoms with van der Waals surface area (Å²) in [6.45, 7) is 2.39. The van der Waals surface area contributed by atoms with E-state index in [1.165, 1.54) is 0 Å². The van der Waals surface area contributed by atoms with E-state index in [1.807, 2.05) is 0 Å². The molecule has 0 aromatic rings. The van der Waals surface area contributed by atoms with Gasteiger partial charge in [-0.15, -0.1) is 0 Å². The second-order valence-electron chi connectivity index (χ2n) is 2.90. The van der Waals surface area contributed by atoms with Crippen LogP contribution in [0, 0.1) is 0 Å². The molecule has 96 valence electrons. The zero-order valence-corrected chi connectivity index (χ0v) is 7.83. The average Bonchev–Trinajstić information content (AvgIpc) is 1.99. The van der Waals surface area contributed by atoms with Gasteiger partial charge in [0.2, 0.25) is 0 Å². The Hall–Kier alpha value is -0.860. The zero-order chi connectivity index (χ0) is 13.4. The SMILES string of the molecule is C=CC(F)(F)C(N(C)C(F)(F)F)C(F)(F)F. The third-order valence-corrected chi connectivity index (χ3v) is 1.73. The lowest BCUT2D eigenvalue weighted by Crippen LogP contribution is -2.58. The van der Waals surface area contributed by atoms with Crippen molar-refractivity contribution in [2.24, 2.45) is 0 Å². The molecular weight excluding hydrogens is 250 g/mol. The Morgan fingerprint density at radius 2 is 1.38 bits per heavy atom. The molecular formula is C7H7F8N. The molecule has 1 atom stereocenters. The lowest BCUT2D eigenvalue weighted by atomic mass is 10.1. The van der Waals surface area contributed by atoms with E-state index >= 15 is 0 Å². The first-order valence-corrected chi connectivity index (χ1v) is 3.72. The Bertz CT molecular complexity index is 252. The number of hydrogen-bond donors (Lipinski definition) is 0. The van der Waals surface area contributed by atoms with Gasteiger partial charge in [-0.3, -0.25) is 0 Å². The van der Waals surface area contributed by atoms with Crippen molar-refractivity contribution in [1.29, 1.82) is 0 Å². The quantitative estimate of drug-likeness (QED) is 0.426. The Morgan fingerprint density at radius 3 is 1.56 bits per heavy atom. The second kappa shape index (κ2) is 4.19. The van der Waals surface area contributed by atoms with Crippen LogP contribution in [0.1, 0.15) is 0 Å². The van der Waals surface area contributed by atoms with Gasteiger partial charge in [0.05, 0.1) is 0 Å². The first kappa shape index (κ1) is 15.1. The maximum Gasteiger partial charge on any atom is 0.460 e. The molecule has 0 fully saturated rings. The van der Waals surface area contributed by atoms with Crippen molar-refractivity contribution < 1.29 is 35.1 Å². The highest BCUT2D eigenvalue weighted by Crippen LogP contribution is 2.40. The normalized spacial score (nSPS) is 16.4. The molecule has 0 radical (unpaired) electrons.